The Morgan fingerprint density at radius 1 is 0.852 bits per heavy atom. The van der Waals surface area contributed by atoms with Gasteiger partial charge in [0.1, 0.15) is 5.75 Å². The summed E-state index contributed by atoms with van der Waals surface area (Å²) >= 11 is 0. The fourth-order valence-electron chi connectivity index (χ4n) is 2.79. The number of ketones is 1. The van der Waals surface area contributed by atoms with E-state index < -0.39 is 71.8 Å². The molecule has 0 bridgehead atoms. The lowest BCUT2D eigenvalue weighted by molar-refractivity contribution is -0.394. The molecule has 0 radical (unpaired) electrons. The van der Waals surface area contributed by atoms with E-state index >= 15 is 0 Å². The number of rotatable bonds is 4. The number of nitro groups is 3. The van der Waals surface area contributed by atoms with Gasteiger partial charge < -0.3 is 9.84 Å². The number of nitro benzene ring substituents is 3. The lowest BCUT2D eigenvalue weighted by Crippen LogP contribution is -2.05. The van der Waals surface area contributed by atoms with Crippen molar-refractivity contribution in [2.24, 2.45) is 0 Å². The Kier molecular flexibility index (Phi) is 3.76. The first kappa shape index (κ1) is 17.4. The van der Waals surface area contributed by atoms with Gasteiger partial charge in [-0.1, -0.05) is 0 Å². The van der Waals surface area contributed by atoms with Crippen LogP contribution in [0.5, 0.6) is 5.75 Å². The van der Waals surface area contributed by atoms with Gasteiger partial charge in [0.05, 0.1) is 38.0 Å². The molecule has 1 aliphatic rings. The monoisotopic (exact) mass is 375 g/mol. The molecule has 0 amide bonds. The zero-order valence-corrected chi connectivity index (χ0v) is 12.8. The fraction of sp³-hybridized carbons (Fsp3) is 0. The molecule has 1 aliphatic carbocycles. The highest BCUT2D eigenvalue weighted by molar-refractivity contribution is 6.25. The highest BCUT2D eigenvalue weighted by Gasteiger charge is 2.41. The zero-order valence-electron chi connectivity index (χ0n) is 12.8. The summed E-state index contributed by atoms with van der Waals surface area (Å²) in [5.74, 6) is -1.52. The minimum Gasteiger partial charge on any atom is -0.449 e. The molecule has 0 atom stereocenters. The molecule has 0 saturated carbocycles. The van der Waals surface area contributed by atoms with Gasteiger partial charge in [0.25, 0.3) is 17.1 Å². The molecule has 136 valence electrons. The number of hydrogen-bond donors (Lipinski definition) is 1. The maximum atomic E-state index is 12.6. The van der Waals surface area contributed by atoms with Gasteiger partial charge in [0.2, 0.25) is 0 Å². The number of ether oxygens (including phenoxy) is 1. The second-order valence-corrected chi connectivity index (χ2v) is 5.22. The van der Waals surface area contributed by atoms with E-state index in [1.54, 1.807) is 0 Å². The van der Waals surface area contributed by atoms with Crippen LogP contribution in [0.2, 0.25) is 0 Å². The summed E-state index contributed by atoms with van der Waals surface area (Å²) in [5.41, 5.74) is -4.19. The molecule has 13 heteroatoms. The number of carbonyl (C=O) groups excluding carboxylic acids is 1. The molecule has 13 nitrogen and oxygen atoms in total. The molecule has 0 aliphatic heterocycles. The van der Waals surface area contributed by atoms with Gasteiger partial charge in [-0.3, -0.25) is 35.1 Å². The van der Waals surface area contributed by atoms with Crippen molar-refractivity contribution in [3.05, 3.63) is 65.7 Å². The third-order valence-electron chi connectivity index (χ3n) is 3.74. The van der Waals surface area contributed by atoms with E-state index in [0.29, 0.717) is 12.1 Å². The van der Waals surface area contributed by atoms with Crippen molar-refractivity contribution >= 4 is 29.0 Å². The average molecular weight is 375 g/mol. The average Bonchev–Trinajstić information content (AvgIpc) is 2.85. The van der Waals surface area contributed by atoms with Crippen molar-refractivity contribution in [2.45, 2.75) is 0 Å². The largest absolute Gasteiger partial charge is 0.511 e. The molecular weight excluding hydrogens is 370 g/mol. The van der Waals surface area contributed by atoms with Crippen LogP contribution in [0.25, 0.3) is 11.1 Å². The zero-order chi connectivity index (χ0) is 20.0. The number of fused-ring (bicyclic) bond motifs is 3. The summed E-state index contributed by atoms with van der Waals surface area (Å²) in [5, 5.41) is 42.4. The molecule has 0 heterocycles. The van der Waals surface area contributed by atoms with Crippen LogP contribution in [0.15, 0.2) is 24.3 Å². The van der Waals surface area contributed by atoms with Gasteiger partial charge in [0, 0.05) is 17.2 Å². The molecule has 0 saturated heterocycles. The molecule has 0 aromatic heterocycles. The quantitative estimate of drug-likeness (QED) is 0.306. The molecule has 1 N–H and O–H groups in total. The molecule has 27 heavy (non-hydrogen) atoms. The van der Waals surface area contributed by atoms with Crippen LogP contribution in [-0.4, -0.2) is 31.8 Å². The number of carboxylic acid groups (broad SMARTS) is 1. The fourth-order valence-corrected chi connectivity index (χ4v) is 2.79. The SMILES string of the molecule is O=C(O)Oc1cc2c(c([N+](=O)[O-])c1)-c1c(cc([N+](=O)[O-])cc1[N+](=O)[O-])C2=O. The Morgan fingerprint density at radius 2 is 1.37 bits per heavy atom. The topological polar surface area (TPSA) is 193 Å². The van der Waals surface area contributed by atoms with E-state index in [1.807, 2.05) is 0 Å². The maximum Gasteiger partial charge on any atom is 0.511 e. The van der Waals surface area contributed by atoms with Crippen molar-refractivity contribution in [1.82, 2.24) is 0 Å². The Bertz CT molecular complexity index is 1090. The van der Waals surface area contributed by atoms with Crippen LogP contribution in [0.4, 0.5) is 21.9 Å². The number of nitrogens with zero attached hydrogens (tertiary/aromatic N) is 3. The molecule has 2 aromatic carbocycles. The molecule has 0 spiro atoms. The predicted molar refractivity (Wildman–Crippen MR) is 83.9 cm³/mol. The van der Waals surface area contributed by atoms with Crippen LogP contribution in [0.1, 0.15) is 15.9 Å². The summed E-state index contributed by atoms with van der Waals surface area (Å²) in [6.07, 6.45) is -1.80. The standard InChI is InChI=1S/C14H5N3O10/c18-13-7-1-5(15(21)22)2-9(16(23)24)11(7)12-8(13)3-6(27-14(19)20)4-10(12)17(25)26/h1-4H,(H,19,20). The van der Waals surface area contributed by atoms with E-state index in [2.05, 4.69) is 4.74 Å². The van der Waals surface area contributed by atoms with Crippen LogP contribution in [-0.2, 0) is 0 Å². The van der Waals surface area contributed by atoms with Crippen LogP contribution >= 0.6 is 0 Å². The summed E-state index contributed by atoms with van der Waals surface area (Å²) in [7, 11) is 0. The predicted octanol–water partition coefficient (Wildman–Crippen LogP) is 2.68. The van der Waals surface area contributed by atoms with Gasteiger partial charge in [-0.05, 0) is 6.07 Å². The number of non-ortho nitro benzene ring substituents is 1. The maximum absolute atomic E-state index is 12.6. The smallest absolute Gasteiger partial charge is 0.449 e. The third kappa shape index (κ3) is 2.68. The van der Waals surface area contributed by atoms with Gasteiger partial charge in [0.15, 0.2) is 5.78 Å². The molecular formula is C14H5N3O10. The minimum atomic E-state index is -1.80. The van der Waals surface area contributed by atoms with Crippen molar-refractivity contribution in [3.63, 3.8) is 0 Å². The van der Waals surface area contributed by atoms with Crippen molar-refractivity contribution in [2.75, 3.05) is 0 Å². The van der Waals surface area contributed by atoms with Crippen molar-refractivity contribution < 1.29 is 34.2 Å². The third-order valence-corrected chi connectivity index (χ3v) is 3.74. The minimum absolute atomic E-state index is 0.431. The Balaban J connectivity index is 2.41. The summed E-state index contributed by atoms with van der Waals surface area (Å²) < 4.78 is 4.33. The lowest BCUT2D eigenvalue weighted by atomic mass is 10.0. The van der Waals surface area contributed by atoms with Crippen LogP contribution in [0.3, 0.4) is 0 Å². The molecule has 2 aromatic rings. The first-order chi connectivity index (χ1) is 12.6. The second kappa shape index (κ2) is 5.83. The second-order valence-electron chi connectivity index (χ2n) is 5.22. The Hall–Kier alpha value is -4.42. The van der Waals surface area contributed by atoms with Gasteiger partial charge in [-0.15, -0.1) is 0 Å². The van der Waals surface area contributed by atoms with Gasteiger partial charge in [-0.2, -0.15) is 0 Å². The highest BCUT2D eigenvalue weighted by atomic mass is 16.7. The number of benzene rings is 2. The van der Waals surface area contributed by atoms with E-state index in [9.17, 15) is 39.9 Å². The molecule has 0 fully saturated rings. The van der Waals surface area contributed by atoms with E-state index in [4.69, 9.17) is 5.11 Å². The first-order valence-corrected chi connectivity index (χ1v) is 6.87. The van der Waals surface area contributed by atoms with E-state index in [0.717, 1.165) is 12.1 Å². The summed E-state index contributed by atoms with van der Waals surface area (Å²) in [4.78, 5) is 54.0. The molecule has 0 unspecified atom stereocenters. The first-order valence-electron chi connectivity index (χ1n) is 6.87. The lowest BCUT2D eigenvalue weighted by Gasteiger charge is -2.05. The summed E-state index contributed by atoms with van der Waals surface area (Å²) in [6.45, 7) is 0. The number of carbonyl (C=O) groups is 2. The summed E-state index contributed by atoms with van der Waals surface area (Å²) in [6, 6.07) is 2.92. The van der Waals surface area contributed by atoms with Crippen molar-refractivity contribution in [1.29, 1.82) is 0 Å². The normalized spacial score (nSPS) is 11.5. The highest BCUT2D eigenvalue weighted by Crippen LogP contribution is 2.49. The van der Waals surface area contributed by atoms with E-state index in [-0.39, 0.29) is 0 Å². The Labute approximate surface area is 146 Å². The van der Waals surface area contributed by atoms with Crippen LogP contribution in [0, 0.1) is 30.3 Å². The molecule has 3 rings (SSSR count). The Morgan fingerprint density at radius 3 is 1.85 bits per heavy atom. The van der Waals surface area contributed by atoms with Gasteiger partial charge >= 0.3 is 6.16 Å². The number of hydrogen-bond acceptors (Lipinski definition) is 9. The van der Waals surface area contributed by atoms with Crippen molar-refractivity contribution in [3.8, 4) is 16.9 Å². The van der Waals surface area contributed by atoms with Gasteiger partial charge in [-0.25, -0.2) is 4.79 Å². The van der Waals surface area contributed by atoms with E-state index in [1.165, 1.54) is 0 Å². The van der Waals surface area contributed by atoms with Crippen LogP contribution < -0.4 is 4.74 Å².